The van der Waals surface area contributed by atoms with Gasteiger partial charge >= 0.3 is 18.2 Å². The van der Waals surface area contributed by atoms with Crippen molar-refractivity contribution in [1.82, 2.24) is 10.6 Å². The van der Waals surface area contributed by atoms with Crippen molar-refractivity contribution in [3.63, 3.8) is 0 Å². The van der Waals surface area contributed by atoms with Crippen LogP contribution in [-0.4, -0.2) is 58.7 Å². The van der Waals surface area contributed by atoms with Crippen molar-refractivity contribution in [2.24, 2.45) is 11.8 Å². The maximum absolute atomic E-state index is 13.4. The summed E-state index contributed by atoms with van der Waals surface area (Å²) < 4.78 is 15.6. The average Bonchev–Trinajstić information content (AvgIpc) is 3.43. The largest absolute Gasteiger partial charge is 0.461 e. The molecule has 5 N–H and O–H groups in total. The van der Waals surface area contributed by atoms with Gasteiger partial charge in [-0.2, -0.15) is 0 Å². The summed E-state index contributed by atoms with van der Waals surface area (Å²) in [5.41, 5.74) is 6.14. The van der Waals surface area contributed by atoms with Crippen LogP contribution in [0.5, 0.6) is 0 Å². The van der Waals surface area contributed by atoms with Gasteiger partial charge in [0.15, 0.2) is 11.6 Å². The highest BCUT2D eigenvalue weighted by molar-refractivity contribution is 5.98. The third-order valence-corrected chi connectivity index (χ3v) is 12.0. The molecule has 6 aromatic rings. The Morgan fingerprint density at radius 3 is 1.08 bits per heavy atom. The number of amides is 4. The van der Waals surface area contributed by atoms with Gasteiger partial charge in [-0.25, -0.2) is 9.59 Å². The number of alkyl carbamates (subject to hydrolysis) is 2. The van der Waals surface area contributed by atoms with Crippen molar-refractivity contribution < 1.29 is 52.9 Å². The van der Waals surface area contributed by atoms with E-state index in [2.05, 4.69) is 21.3 Å². The number of aliphatic hydroxyl groups excluding tert-OH is 1. The lowest BCUT2D eigenvalue weighted by molar-refractivity contribution is -0.142. The summed E-state index contributed by atoms with van der Waals surface area (Å²) >= 11 is 0. The molecule has 6 aromatic carbocycles. The van der Waals surface area contributed by atoms with Crippen molar-refractivity contribution in [3.8, 4) is 0 Å². The number of nitrogens with one attached hydrogen (secondary N) is 4. The molecule has 0 aliphatic carbocycles. The lowest BCUT2D eigenvalue weighted by atomic mass is 9.92. The van der Waals surface area contributed by atoms with Gasteiger partial charge in [0, 0.05) is 43.0 Å². The molecule has 4 atom stereocenters. The number of anilines is 2. The van der Waals surface area contributed by atoms with Crippen LogP contribution in [-0.2, 0) is 77.5 Å². The molecule has 0 spiro atoms. The Labute approximate surface area is 438 Å². The zero-order chi connectivity index (χ0) is 53.8. The molecule has 0 unspecified atom stereocenters. The van der Waals surface area contributed by atoms with Crippen molar-refractivity contribution in [2.75, 3.05) is 10.6 Å². The number of Topliss-reactive ketones (excluding diaryl/α,β-unsaturated/α-hetero) is 2. The standard InChI is InChI=1S/C31H34N2O6.C29H32N2O5/c1-3-26(30(36)32-27-16-14-25(15-17-27)20-38-22(2)34)19-29(35)28(18-23-10-6-4-7-11-23)33-31(37)39-21-24-12-8-5-9-13-24;1-2-24(28(34)30-25-15-13-22(19-32)14-16-25)18-27(33)26(17-21-9-5-3-6-10-21)31-29(35)36-20-23-11-7-4-8-12-23/h4-17,26,28H,3,18-21H2,1-2H3,(H,32,36)(H,33,37);3-16,24,26,32H,2,17-20H2,1H3,(H,30,34)(H,31,35)/t26-,28+;24-,26+/m11/s1. The maximum atomic E-state index is 13.4. The van der Waals surface area contributed by atoms with Crippen LogP contribution in [0.25, 0.3) is 0 Å². The highest BCUT2D eigenvalue weighted by atomic mass is 16.6. The summed E-state index contributed by atoms with van der Waals surface area (Å²) in [4.78, 5) is 88.6. The van der Waals surface area contributed by atoms with Crippen LogP contribution < -0.4 is 21.3 Å². The molecule has 0 aliphatic rings. The minimum absolute atomic E-state index is 0.0203. The van der Waals surface area contributed by atoms with Gasteiger partial charge in [-0.05, 0) is 83.3 Å². The number of hydrogen-bond donors (Lipinski definition) is 5. The number of carbonyl (C=O) groups is 7. The van der Waals surface area contributed by atoms with E-state index in [9.17, 15) is 38.7 Å². The van der Waals surface area contributed by atoms with Crippen LogP contribution in [0.2, 0.25) is 0 Å². The lowest BCUT2D eigenvalue weighted by Gasteiger charge is -2.21. The Hall–Kier alpha value is -8.43. The van der Waals surface area contributed by atoms with Gasteiger partial charge in [0.1, 0.15) is 19.8 Å². The predicted octanol–water partition coefficient (Wildman–Crippen LogP) is 9.85. The summed E-state index contributed by atoms with van der Waals surface area (Å²) in [6.45, 7) is 5.28. The molecule has 0 aliphatic heterocycles. The van der Waals surface area contributed by atoms with Gasteiger partial charge < -0.3 is 40.6 Å². The molecule has 0 bridgehead atoms. The number of rotatable bonds is 25. The van der Waals surface area contributed by atoms with Crippen LogP contribution in [0.3, 0.4) is 0 Å². The Kier molecular flexibility index (Phi) is 23.9. The first-order chi connectivity index (χ1) is 36.3. The lowest BCUT2D eigenvalue weighted by Crippen LogP contribution is -2.44. The molecule has 0 aromatic heterocycles. The first-order valence-corrected chi connectivity index (χ1v) is 24.9. The van der Waals surface area contributed by atoms with Gasteiger partial charge in [-0.1, -0.05) is 159 Å². The molecule has 0 fully saturated rings. The second kappa shape index (κ2) is 31.2. The molecule has 75 heavy (non-hydrogen) atoms. The van der Waals surface area contributed by atoms with Gasteiger partial charge in [0.2, 0.25) is 11.8 Å². The molecular weight excluding hydrogens is 953 g/mol. The molecule has 15 heteroatoms. The fraction of sp³-hybridized carbons (Fsp3) is 0.283. The van der Waals surface area contributed by atoms with E-state index < -0.39 is 36.1 Å². The van der Waals surface area contributed by atoms with E-state index in [-0.39, 0.29) is 75.0 Å². The van der Waals surface area contributed by atoms with E-state index in [1.165, 1.54) is 6.92 Å². The molecule has 0 radical (unpaired) electrons. The van der Waals surface area contributed by atoms with Gasteiger partial charge in [0.05, 0.1) is 18.7 Å². The smallest absolute Gasteiger partial charge is 0.408 e. The van der Waals surface area contributed by atoms with E-state index >= 15 is 0 Å². The van der Waals surface area contributed by atoms with E-state index in [1.807, 2.05) is 135 Å². The zero-order valence-corrected chi connectivity index (χ0v) is 42.6. The maximum Gasteiger partial charge on any atom is 0.408 e. The molecule has 392 valence electrons. The summed E-state index contributed by atoms with van der Waals surface area (Å²) in [6.07, 6.45) is 0.0372. The first-order valence-electron chi connectivity index (χ1n) is 24.9. The third-order valence-electron chi connectivity index (χ3n) is 12.0. The Morgan fingerprint density at radius 2 is 0.747 bits per heavy atom. The second-order valence-electron chi connectivity index (χ2n) is 17.8. The van der Waals surface area contributed by atoms with Crippen LogP contribution >= 0.6 is 0 Å². The molecule has 6 rings (SSSR count). The van der Waals surface area contributed by atoms with Crippen LogP contribution in [0, 0.1) is 11.8 Å². The van der Waals surface area contributed by atoms with E-state index in [1.54, 1.807) is 48.5 Å². The van der Waals surface area contributed by atoms with Crippen molar-refractivity contribution in [3.05, 3.63) is 203 Å². The van der Waals surface area contributed by atoms with E-state index in [0.717, 1.165) is 33.4 Å². The Bertz CT molecular complexity index is 2730. The van der Waals surface area contributed by atoms with Crippen molar-refractivity contribution in [2.45, 2.75) is 97.8 Å². The van der Waals surface area contributed by atoms with Crippen LogP contribution in [0.15, 0.2) is 170 Å². The molecule has 0 saturated heterocycles. The van der Waals surface area contributed by atoms with E-state index in [0.29, 0.717) is 30.6 Å². The summed E-state index contributed by atoms with van der Waals surface area (Å²) in [5.74, 6) is -2.57. The number of carbonyl (C=O) groups excluding carboxylic acids is 7. The minimum atomic E-state index is -0.849. The topological polar surface area (TPSA) is 216 Å². The predicted molar refractivity (Wildman–Crippen MR) is 286 cm³/mol. The summed E-state index contributed by atoms with van der Waals surface area (Å²) in [7, 11) is 0. The quantitative estimate of drug-likeness (QED) is 0.0269. The fourth-order valence-electron chi connectivity index (χ4n) is 7.67. The Morgan fingerprint density at radius 1 is 0.427 bits per heavy atom. The highest BCUT2D eigenvalue weighted by Crippen LogP contribution is 2.20. The molecular formula is C60H66N4O11. The number of hydrogen-bond acceptors (Lipinski definition) is 11. The second-order valence-corrected chi connectivity index (χ2v) is 17.8. The zero-order valence-electron chi connectivity index (χ0n) is 42.6. The van der Waals surface area contributed by atoms with Crippen LogP contribution in [0.4, 0.5) is 21.0 Å². The molecule has 4 amide bonds. The highest BCUT2D eigenvalue weighted by Gasteiger charge is 2.29. The summed E-state index contributed by atoms with van der Waals surface area (Å²) in [6, 6.07) is 49.5. The van der Waals surface area contributed by atoms with Crippen molar-refractivity contribution >= 4 is 52.9 Å². The van der Waals surface area contributed by atoms with Gasteiger partial charge in [-0.3, -0.25) is 24.0 Å². The summed E-state index contributed by atoms with van der Waals surface area (Å²) in [5, 5.41) is 20.3. The Balaban J connectivity index is 0.000000278. The number of aliphatic hydroxyl groups is 1. The van der Waals surface area contributed by atoms with Crippen LogP contribution in [0.1, 0.15) is 79.8 Å². The number of ether oxygens (including phenoxy) is 3. The monoisotopic (exact) mass is 1020 g/mol. The van der Waals surface area contributed by atoms with Gasteiger partial charge in [0.25, 0.3) is 0 Å². The minimum Gasteiger partial charge on any atom is -0.461 e. The number of ketones is 2. The molecule has 0 saturated carbocycles. The SMILES string of the molecule is CC[C@H](CC(=O)[C@H](Cc1ccccc1)NC(=O)OCc1ccccc1)C(=O)Nc1ccc(CO)cc1.CC[C@H](CC(=O)[C@H](Cc1ccccc1)NC(=O)OCc1ccccc1)C(=O)Nc1ccc(COC(C)=O)cc1. The molecule has 0 heterocycles. The molecule has 15 nitrogen and oxygen atoms in total. The number of benzene rings is 6. The van der Waals surface area contributed by atoms with Crippen molar-refractivity contribution in [1.29, 1.82) is 0 Å². The van der Waals surface area contributed by atoms with Gasteiger partial charge in [-0.15, -0.1) is 0 Å². The average molecular weight is 1020 g/mol. The first kappa shape index (κ1) is 57.5. The fourth-order valence-corrected chi connectivity index (χ4v) is 7.67. The number of esters is 1. The third kappa shape index (κ3) is 20.9. The van der Waals surface area contributed by atoms with E-state index in [4.69, 9.17) is 14.2 Å². The normalized spacial score (nSPS) is 12.2.